The highest BCUT2D eigenvalue weighted by Gasteiger charge is 2.43. The first-order valence-electron chi connectivity index (χ1n) is 7.72. The van der Waals surface area contributed by atoms with Gasteiger partial charge >= 0.3 is 0 Å². The van der Waals surface area contributed by atoms with E-state index in [4.69, 9.17) is 0 Å². The third kappa shape index (κ3) is 2.54. The van der Waals surface area contributed by atoms with Crippen LogP contribution in [0.3, 0.4) is 0 Å². The molecule has 1 fully saturated rings. The van der Waals surface area contributed by atoms with Crippen molar-refractivity contribution >= 4 is 17.4 Å². The fraction of sp³-hybridized carbons (Fsp3) is 0.222. The van der Waals surface area contributed by atoms with Crippen LogP contribution in [0, 0.1) is 18.7 Å². The van der Waals surface area contributed by atoms with Gasteiger partial charge in [0, 0.05) is 17.3 Å². The minimum atomic E-state index is -1.04. The molecule has 2 aromatic heterocycles. The van der Waals surface area contributed by atoms with Crippen LogP contribution in [0.5, 0.6) is 0 Å². The van der Waals surface area contributed by atoms with E-state index >= 15 is 0 Å². The molecule has 4 rings (SSSR count). The van der Waals surface area contributed by atoms with E-state index in [1.165, 1.54) is 6.07 Å². The molecule has 0 bridgehead atoms. The molecule has 2 atom stereocenters. The van der Waals surface area contributed by atoms with E-state index in [1.807, 2.05) is 13.0 Å². The highest BCUT2D eigenvalue weighted by molar-refractivity contribution is 5.94. The molecule has 0 radical (unpaired) electrons. The van der Waals surface area contributed by atoms with Gasteiger partial charge in [-0.15, -0.1) is 0 Å². The molecule has 1 aliphatic carbocycles. The number of nitrogens with one attached hydrogen (secondary N) is 1. The van der Waals surface area contributed by atoms with Gasteiger partial charge in [0.1, 0.15) is 17.6 Å². The van der Waals surface area contributed by atoms with Crippen LogP contribution >= 0.6 is 0 Å². The zero-order valence-electron chi connectivity index (χ0n) is 13.0. The summed E-state index contributed by atoms with van der Waals surface area (Å²) >= 11 is 0. The first-order valence-corrected chi connectivity index (χ1v) is 7.72. The summed E-state index contributed by atoms with van der Waals surface area (Å²) in [5.41, 5.74) is 2.72. The molecule has 0 unspecified atom stereocenters. The molecule has 122 valence electrons. The summed E-state index contributed by atoms with van der Waals surface area (Å²) in [6.45, 7) is 1.85. The smallest absolute Gasteiger partial charge is 0.231 e. The molecule has 3 aromatic rings. The maximum absolute atomic E-state index is 14.1. The summed E-state index contributed by atoms with van der Waals surface area (Å²) in [7, 11) is 0. The molecular formula is C18H15F2N3O. The maximum Gasteiger partial charge on any atom is 0.231 e. The Labute approximate surface area is 137 Å². The van der Waals surface area contributed by atoms with Gasteiger partial charge < -0.3 is 9.72 Å². The summed E-state index contributed by atoms with van der Waals surface area (Å²) in [5.74, 6) is -0.838. The van der Waals surface area contributed by atoms with Crippen molar-refractivity contribution in [1.82, 2.24) is 9.38 Å². The second kappa shape index (κ2) is 5.40. The number of halogens is 2. The summed E-state index contributed by atoms with van der Waals surface area (Å²) in [6, 6.07) is 8.50. The Morgan fingerprint density at radius 2 is 2.08 bits per heavy atom. The predicted octanol–water partition coefficient (Wildman–Crippen LogP) is 3.75. The van der Waals surface area contributed by atoms with E-state index in [9.17, 15) is 13.6 Å². The largest absolute Gasteiger partial charge is 0.309 e. The van der Waals surface area contributed by atoms with Crippen LogP contribution in [0.4, 0.5) is 14.6 Å². The molecule has 0 aliphatic heterocycles. The summed E-state index contributed by atoms with van der Waals surface area (Å²) in [4.78, 5) is 16.1. The van der Waals surface area contributed by atoms with Crippen LogP contribution in [-0.4, -0.2) is 21.5 Å². The van der Waals surface area contributed by atoms with Crippen molar-refractivity contribution in [2.75, 3.05) is 5.32 Å². The van der Waals surface area contributed by atoms with Gasteiger partial charge in [0.05, 0.1) is 12.1 Å². The van der Waals surface area contributed by atoms with Crippen LogP contribution in [0.1, 0.15) is 12.0 Å². The molecular weight excluding hydrogens is 312 g/mol. The SMILES string of the molecule is Cc1cccc(F)c1-c1ccc2nc(NC(=O)[C@@H]3C[C@@H]3F)cn2c1. The third-order valence-corrected chi connectivity index (χ3v) is 4.26. The second-order valence-electron chi connectivity index (χ2n) is 6.09. The van der Waals surface area contributed by atoms with Crippen molar-refractivity contribution in [2.45, 2.75) is 19.5 Å². The van der Waals surface area contributed by atoms with E-state index < -0.39 is 12.1 Å². The Morgan fingerprint density at radius 1 is 1.29 bits per heavy atom. The van der Waals surface area contributed by atoms with Crippen molar-refractivity contribution in [3.05, 3.63) is 54.1 Å². The lowest BCUT2D eigenvalue weighted by Gasteiger charge is -2.07. The summed E-state index contributed by atoms with van der Waals surface area (Å²) in [6.07, 6.45) is 2.63. The van der Waals surface area contributed by atoms with Gasteiger partial charge in [0.15, 0.2) is 5.82 Å². The Balaban J connectivity index is 1.67. The molecule has 2 heterocycles. The summed E-state index contributed by atoms with van der Waals surface area (Å²) in [5, 5.41) is 2.62. The number of fused-ring (bicyclic) bond motifs is 1. The minimum Gasteiger partial charge on any atom is -0.309 e. The molecule has 1 aliphatic rings. The Kier molecular flexibility index (Phi) is 3.33. The summed E-state index contributed by atoms with van der Waals surface area (Å²) < 4.78 is 28.8. The number of alkyl halides is 1. The zero-order chi connectivity index (χ0) is 16.8. The number of pyridine rings is 1. The van der Waals surface area contributed by atoms with Crippen LogP contribution in [0.25, 0.3) is 16.8 Å². The van der Waals surface area contributed by atoms with E-state index in [0.717, 1.165) is 11.1 Å². The average Bonchev–Trinajstić information content (AvgIpc) is 3.13. The van der Waals surface area contributed by atoms with Crippen LogP contribution in [-0.2, 0) is 4.79 Å². The van der Waals surface area contributed by atoms with Crippen LogP contribution < -0.4 is 5.32 Å². The number of nitrogens with zero attached hydrogens (tertiary/aromatic N) is 2. The van der Waals surface area contributed by atoms with Crippen LogP contribution in [0.2, 0.25) is 0 Å². The van der Waals surface area contributed by atoms with E-state index in [0.29, 0.717) is 17.0 Å². The lowest BCUT2D eigenvalue weighted by Crippen LogP contribution is -2.15. The number of rotatable bonds is 3. The van der Waals surface area contributed by atoms with Crippen molar-refractivity contribution in [3.63, 3.8) is 0 Å². The second-order valence-corrected chi connectivity index (χ2v) is 6.09. The lowest BCUT2D eigenvalue weighted by atomic mass is 10.0. The van der Waals surface area contributed by atoms with Crippen molar-refractivity contribution < 1.29 is 13.6 Å². The van der Waals surface area contributed by atoms with Gasteiger partial charge in [0.25, 0.3) is 0 Å². The van der Waals surface area contributed by atoms with Crippen molar-refractivity contribution in [1.29, 1.82) is 0 Å². The number of imidazole rings is 1. The highest BCUT2D eigenvalue weighted by Crippen LogP contribution is 2.34. The number of benzene rings is 1. The molecule has 0 spiro atoms. The number of amides is 1. The monoisotopic (exact) mass is 327 g/mol. The van der Waals surface area contributed by atoms with Crippen molar-refractivity contribution in [3.8, 4) is 11.1 Å². The third-order valence-electron chi connectivity index (χ3n) is 4.26. The molecule has 4 nitrogen and oxygen atoms in total. The van der Waals surface area contributed by atoms with Gasteiger partial charge in [-0.05, 0) is 37.1 Å². The Bertz CT molecular complexity index is 930. The fourth-order valence-corrected chi connectivity index (χ4v) is 2.85. The molecule has 6 heteroatoms. The molecule has 1 aromatic carbocycles. The maximum atomic E-state index is 14.1. The average molecular weight is 327 g/mol. The highest BCUT2D eigenvalue weighted by atomic mass is 19.1. The first-order chi connectivity index (χ1) is 11.5. The molecule has 0 saturated heterocycles. The zero-order valence-corrected chi connectivity index (χ0v) is 13.0. The fourth-order valence-electron chi connectivity index (χ4n) is 2.85. The molecule has 1 N–H and O–H groups in total. The topological polar surface area (TPSA) is 46.4 Å². The Morgan fingerprint density at radius 3 is 2.79 bits per heavy atom. The number of aryl methyl sites for hydroxylation is 1. The quantitative estimate of drug-likeness (QED) is 0.796. The van der Waals surface area contributed by atoms with Gasteiger partial charge in [-0.3, -0.25) is 4.79 Å². The first kappa shape index (κ1) is 14.8. The number of hydrogen-bond donors (Lipinski definition) is 1. The number of carbonyl (C=O) groups excluding carboxylic acids is 1. The number of carbonyl (C=O) groups is 1. The van der Waals surface area contributed by atoms with E-state index in [2.05, 4.69) is 10.3 Å². The number of hydrogen-bond acceptors (Lipinski definition) is 2. The van der Waals surface area contributed by atoms with E-state index in [-0.39, 0.29) is 18.1 Å². The van der Waals surface area contributed by atoms with Crippen LogP contribution in [0.15, 0.2) is 42.7 Å². The number of anilines is 1. The van der Waals surface area contributed by atoms with Crippen molar-refractivity contribution in [2.24, 2.45) is 5.92 Å². The predicted molar refractivity (Wildman–Crippen MR) is 87.0 cm³/mol. The normalized spacial score (nSPS) is 19.5. The Hall–Kier alpha value is -2.76. The minimum absolute atomic E-state index is 0.274. The van der Waals surface area contributed by atoms with Gasteiger partial charge in [-0.1, -0.05) is 12.1 Å². The van der Waals surface area contributed by atoms with Gasteiger partial charge in [0.2, 0.25) is 5.91 Å². The standard InChI is InChI=1S/C18H15F2N3O/c1-10-3-2-4-13(19)17(10)11-5-6-16-21-15(9-23(16)8-11)22-18(24)12-7-14(12)20/h2-6,8-9,12,14H,7H2,1H3,(H,22,24)/t12-,14+/m1/s1. The number of aromatic nitrogens is 2. The van der Waals surface area contributed by atoms with Gasteiger partial charge in [-0.2, -0.15) is 0 Å². The lowest BCUT2D eigenvalue weighted by molar-refractivity contribution is -0.117. The van der Waals surface area contributed by atoms with E-state index in [1.54, 1.807) is 35.0 Å². The molecule has 1 saturated carbocycles. The molecule has 1 amide bonds. The molecule has 24 heavy (non-hydrogen) atoms. The van der Waals surface area contributed by atoms with Gasteiger partial charge in [-0.25, -0.2) is 13.8 Å².